The number of nitrogens with one attached hydrogen (secondary N) is 1. The van der Waals surface area contributed by atoms with Gasteiger partial charge in [0, 0.05) is 6.54 Å². The van der Waals surface area contributed by atoms with Crippen LogP contribution in [-0.2, 0) is 0 Å². The zero-order valence-electron chi connectivity index (χ0n) is 7.19. The van der Waals surface area contributed by atoms with Crippen molar-refractivity contribution in [3.05, 3.63) is 23.3 Å². The third-order valence-electron chi connectivity index (χ3n) is 2.23. The highest BCUT2D eigenvalue weighted by molar-refractivity contribution is 6.00. The van der Waals surface area contributed by atoms with E-state index in [0.717, 1.165) is 0 Å². The van der Waals surface area contributed by atoms with Gasteiger partial charge >= 0.3 is 0 Å². The van der Waals surface area contributed by atoms with E-state index in [0.29, 0.717) is 5.56 Å². The van der Waals surface area contributed by atoms with Crippen LogP contribution in [0.4, 0.5) is 0 Å². The van der Waals surface area contributed by atoms with Gasteiger partial charge in [0.15, 0.2) is 11.5 Å². The van der Waals surface area contributed by atoms with E-state index in [2.05, 4.69) is 5.32 Å². The largest absolute Gasteiger partial charge is 0.504 e. The molecule has 1 unspecified atom stereocenters. The lowest BCUT2D eigenvalue weighted by atomic mass is 9.97. The van der Waals surface area contributed by atoms with Gasteiger partial charge in [-0.1, -0.05) is 6.07 Å². The standard InChI is InChI=1S/C9H9NO4/c11-5-2-1-4-6(12)3-10-9(14)7(4)8(5)13/h1-2,6,11-13H,3H2,(H,10,14). The highest BCUT2D eigenvalue weighted by atomic mass is 16.3. The second kappa shape index (κ2) is 2.88. The van der Waals surface area contributed by atoms with Gasteiger partial charge in [-0.3, -0.25) is 4.79 Å². The highest BCUT2D eigenvalue weighted by Gasteiger charge is 2.27. The lowest BCUT2D eigenvalue weighted by Crippen LogP contribution is -2.34. The van der Waals surface area contributed by atoms with Crippen molar-refractivity contribution < 1.29 is 20.1 Å². The number of carbonyl (C=O) groups excluding carboxylic acids is 1. The number of amides is 1. The molecule has 0 saturated carbocycles. The molecule has 5 heteroatoms. The monoisotopic (exact) mass is 195 g/mol. The summed E-state index contributed by atoms with van der Waals surface area (Å²) in [4.78, 5) is 11.3. The quantitative estimate of drug-likeness (QED) is 0.434. The number of benzene rings is 1. The average molecular weight is 195 g/mol. The number of β-amino-alcohol motifs (C(OH)–C–C–N with tert-alkyl or cyclic N) is 1. The summed E-state index contributed by atoms with van der Waals surface area (Å²) in [5.74, 6) is -1.34. The van der Waals surface area contributed by atoms with E-state index in [-0.39, 0.29) is 17.9 Å². The molecule has 1 aliphatic heterocycles. The number of hydrogen-bond donors (Lipinski definition) is 4. The number of aromatic hydroxyl groups is 2. The fourth-order valence-corrected chi connectivity index (χ4v) is 1.50. The molecule has 0 bridgehead atoms. The van der Waals surface area contributed by atoms with Gasteiger partial charge in [0.2, 0.25) is 0 Å². The maximum atomic E-state index is 11.3. The first kappa shape index (κ1) is 8.83. The molecule has 1 amide bonds. The first-order chi connectivity index (χ1) is 6.61. The Kier molecular flexibility index (Phi) is 1.82. The first-order valence-electron chi connectivity index (χ1n) is 4.12. The minimum absolute atomic E-state index is 0.0521. The number of rotatable bonds is 0. The van der Waals surface area contributed by atoms with E-state index in [1.165, 1.54) is 12.1 Å². The lowest BCUT2D eigenvalue weighted by molar-refractivity contribution is 0.0870. The Balaban J connectivity index is 2.67. The number of aliphatic hydroxyl groups excluding tert-OH is 1. The van der Waals surface area contributed by atoms with E-state index in [1.54, 1.807) is 0 Å². The van der Waals surface area contributed by atoms with Gasteiger partial charge in [-0.15, -0.1) is 0 Å². The van der Waals surface area contributed by atoms with Gasteiger partial charge in [0.05, 0.1) is 11.7 Å². The van der Waals surface area contributed by atoms with Crippen molar-refractivity contribution >= 4 is 5.91 Å². The summed E-state index contributed by atoms with van der Waals surface area (Å²) in [6.07, 6.45) is -0.839. The van der Waals surface area contributed by atoms with Crippen molar-refractivity contribution in [2.24, 2.45) is 0 Å². The van der Waals surface area contributed by atoms with E-state index in [4.69, 9.17) is 5.11 Å². The second-order valence-electron chi connectivity index (χ2n) is 3.12. The Hall–Kier alpha value is -1.75. The molecule has 1 atom stereocenters. The minimum Gasteiger partial charge on any atom is -0.504 e. The third-order valence-corrected chi connectivity index (χ3v) is 2.23. The van der Waals surface area contributed by atoms with Gasteiger partial charge in [0.1, 0.15) is 0 Å². The molecule has 1 heterocycles. The molecule has 0 aliphatic carbocycles. The summed E-state index contributed by atoms with van der Waals surface area (Å²) in [5, 5.41) is 30.5. The summed E-state index contributed by atoms with van der Waals surface area (Å²) in [5.41, 5.74) is 0.285. The van der Waals surface area contributed by atoms with Crippen molar-refractivity contribution in [2.75, 3.05) is 6.54 Å². The van der Waals surface area contributed by atoms with E-state index < -0.39 is 17.8 Å². The van der Waals surface area contributed by atoms with E-state index in [1.807, 2.05) is 0 Å². The number of hydrogen-bond acceptors (Lipinski definition) is 4. The molecular weight excluding hydrogens is 186 g/mol. The van der Waals surface area contributed by atoms with Crippen LogP contribution in [0.5, 0.6) is 11.5 Å². The maximum absolute atomic E-state index is 11.3. The van der Waals surface area contributed by atoms with Crippen molar-refractivity contribution in [3.63, 3.8) is 0 Å². The van der Waals surface area contributed by atoms with Gasteiger partial charge < -0.3 is 20.6 Å². The molecule has 74 valence electrons. The van der Waals surface area contributed by atoms with Crippen LogP contribution in [0.15, 0.2) is 12.1 Å². The highest BCUT2D eigenvalue weighted by Crippen LogP contribution is 2.35. The average Bonchev–Trinajstić information content (AvgIpc) is 2.16. The molecule has 2 rings (SSSR count). The SMILES string of the molecule is O=C1NCC(O)c2ccc(O)c(O)c21. The van der Waals surface area contributed by atoms with Crippen LogP contribution in [0.1, 0.15) is 22.0 Å². The Morgan fingerprint density at radius 2 is 2.07 bits per heavy atom. The van der Waals surface area contributed by atoms with E-state index in [9.17, 15) is 15.0 Å². The fourth-order valence-electron chi connectivity index (χ4n) is 1.50. The van der Waals surface area contributed by atoms with Gasteiger partial charge in [-0.05, 0) is 11.6 Å². The number of aliphatic hydroxyl groups is 1. The molecule has 5 nitrogen and oxygen atoms in total. The molecule has 1 aromatic rings. The van der Waals surface area contributed by atoms with Crippen molar-refractivity contribution in [1.82, 2.24) is 5.32 Å². The van der Waals surface area contributed by atoms with Crippen LogP contribution in [0.2, 0.25) is 0 Å². The van der Waals surface area contributed by atoms with Crippen LogP contribution in [-0.4, -0.2) is 27.8 Å². The number of phenolic OH excluding ortho intramolecular Hbond substituents is 2. The molecule has 0 radical (unpaired) electrons. The first-order valence-corrected chi connectivity index (χ1v) is 4.12. The normalized spacial score (nSPS) is 20.1. The number of phenols is 2. The second-order valence-corrected chi connectivity index (χ2v) is 3.12. The zero-order valence-corrected chi connectivity index (χ0v) is 7.19. The summed E-state index contributed by atoms with van der Waals surface area (Å²) in [6.45, 7) is 0.121. The van der Waals surface area contributed by atoms with Crippen molar-refractivity contribution in [3.8, 4) is 11.5 Å². The predicted molar refractivity (Wildman–Crippen MR) is 47.1 cm³/mol. The van der Waals surface area contributed by atoms with Gasteiger partial charge in [-0.2, -0.15) is 0 Å². The summed E-state index contributed by atoms with van der Waals surface area (Å²) in [6, 6.07) is 2.67. The molecule has 1 aromatic carbocycles. The van der Waals surface area contributed by atoms with Crippen LogP contribution in [0.25, 0.3) is 0 Å². The molecular formula is C9H9NO4. The summed E-state index contributed by atoms with van der Waals surface area (Å²) >= 11 is 0. The molecule has 0 fully saturated rings. The van der Waals surface area contributed by atoms with Crippen LogP contribution in [0.3, 0.4) is 0 Å². The van der Waals surface area contributed by atoms with Crippen molar-refractivity contribution in [2.45, 2.75) is 6.10 Å². The minimum atomic E-state index is -0.839. The Morgan fingerprint density at radius 1 is 1.36 bits per heavy atom. The molecule has 1 aliphatic rings. The van der Waals surface area contributed by atoms with Crippen LogP contribution in [0, 0.1) is 0 Å². The maximum Gasteiger partial charge on any atom is 0.255 e. The Labute approximate surface area is 79.6 Å². The lowest BCUT2D eigenvalue weighted by Gasteiger charge is -2.22. The smallest absolute Gasteiger partial charge is 0.255 e. The molecule has 0 spiro atoms. The molecule has 0 aromatic heterocycles. The molecule has 14 heavy (non-hydrogen) atoms. The number of fused-ring (bicyclic) bond motifs is 1. The Bertz CT molecular complexity index is 402. The zero-order chi connectivity index (χ0) is 10.3. The Morgan fingerprint density at radius 3 is 2.79 bits per heavy atom. The molecule has 0 saturated heterocycles. The van der Waals surface area contributed by atoms with Crippen LogP contribution < -0.4 is 5.32 Å². The van der Waals surface area contributed by atoms with Gasteiger partial charge in [0.25, 0.3) is 5.91 Å². The molecule has 4 N–H and O–H groups in total. The topological polar surface area (TPSA) is 89.8 Å². The number of carbonyl (C=O) groups is 1. The van der Waals surface area contributed by atoms with E-state index >= 15 is 0 Å². The fraction of sp³-hybridized carbons (Fsp3) is 0.222. The van der Waals surface area contributed by atoms with Crippen molar-refractivity contribution in [1.29, 1.82) is 0 Å². The summed E-state index contributed by atoms with van der Waals surface area (Å²) in [7, 11) is 0. The van der Waals surface area contributed by atoms with Gasteiger partial charge in [-0.25, -0.2) is 0 Å². The predicted octanol–water partition coefficient (Wildman–Crippen LogP) is -0.125. The van der Waals surface area contributed by atoms with Crippen LogP contribution >= 0.6 is 0 Å². The summed E-state index contributed by atoms with van der Waals surface area (Å²) < 4.78 is 0. The third kappa shape index (κ3) is 1.10.